The molecule has 98 valence electrons. The maximum Gasteiger partial charge on any atom is 0.133 e. The van der Waals surface area contributed by atoms with Crippen LogP contribution in [0.4, 0.5) is 5.82 Å². The third-order valence-corrected chi connectivity index (χ3v) is 5.43. The van der Waals surface area contributed by atoms with Crippen LogP contribution in [0.15, 0.2) is 6.33 Å². The second-order valence-corrected chi connectivity index (χ2v) is 6.88. The van der Waals surface area contributed by atoms with Gasteiger partial charge in [-0.15, -0.1) is 0 Å². The number of fused-ring (bicyclic) bond motifs is 1. The minimum atomic E-state index is 0.347. The first kappa shape index (κ1) is 11.9. The summed E-state index contributed by atoms with van der Waals surface area (Å²) in [6.45, 7) is 9.33. The predicted molar refractivity (Wildman–Crippen MR) is 73.6 cm³/mol. The third-order valence-electron chi connectivity index (χ3n) is 5.43. The number of hydrogen-bond acceptors (Lipinski definition) is 3. The van der Waals surface area contributed by atoms with Crippen LogP contribution in [0.5, 0.6) is 0 Å². The zero-order valence-corrected chi connectivity index (χ0v) is 11.9. The van der Waals surface area contributed by atoms with E-state index in [1.54, 1.807) is 6.33 Å². The number of nitrogens with zero attached hydrogens (tertiary/aromatic N) is 2. The van der Waals surface area contributed by atoms with Gasteiger partial charge in [-0.25, -0.2) is 9.97 Å². The van der Waals surface area contributed by atoms with Gasteiger partial charge in [-0.3, -0.25) is 0 Å². The Kier molecular flexibility index (Phi) is 2.45. The molecule has 0 aliphatic heterocycles. The average molecular weight is 245 g/mol. The highest BCUT2D eigenvalue weighted by molar-refractivity contribution is 5.50. The summed E-state index contributed by atoms with van der Waals surface area (Å²) in [6, 6.07) is 0.519. The van der Waals surface area contributed by atoms with Gasteiger partial charge in [-0.1, -0.05) is 27.7 Å². The lowest BCUT2D eigenvalue weighted by Gasteiger charge is -2.18. The number of aromatic nitrogens is 2. The lowest BCUT2D eigenvalue weighted by Crippen LogP contribution is -2.16. The Hall–Kier alpha value is -1.12. The highest BCUT2D eigenvalue weighted by Crippen LogP contribution is 2.63. The lowest BCUT2D eigenvalue weighted by atomic mass is 9.96. The number of rotatable bonds is 2. The Morgan fingerprint density at radius 3 is 2.39 bits per heavy atom. The Balaban J connectivity index is 1.87. The van der Waals surface area contributed by atoms with Crippen LogP contribution in [0.25, 0.3) is 0 Å². The standard InChI is InChI=1S/C15H23N3/c1-14(2)13(15(14,3)4)18-12-10-7-5-6-8-11(10)16-9-17-12/h9,13H,5-8H2,1-4H3,(H,16,17,18). The molecule has 0 spiro atoms. The van der Waals surface area contributed by atoms with E-state index in [2.05, 4.69) is 43.0 Å². The Labute approximate surface area is 109 Å². The third kappa shape index (κ3) is 1.56. The summed E-state index contributed by atoms with van der Waals surface area (Å²) < 4.78 is 0. The summed E-state index contributed by atoms with van der Waals surface area (Å²) in [5.74, 6) is 1.09. The van der Waals surface area contributed by atoms with Gasteiger partial charge in [0, 0.05) is 17.3 Å². The van der Waals surface area contributed by atoms with Crippen molar-refractivity contribution in [3.05, 3.63) is 17.6 Å². The van der Waals surface area contributed by atoms with E-state index in [0.717, 1.165) is 18.7 Å². The van der Waals surface area contributed by atoms with Crippen LogP contribution in [0.1, 0.15) is 51.8 Å². The summed E-state index contributed by atoms with van der Waals surface area (Å²) in [7, 11) is 0. The summed E-state index contributed by atoms with van der Waals surface area (Å²) >= 11 is 0. The molecular weight excluding hydrogens is 222 g/mol. The Bertz CT molecular complexity index is 463. The van der Waals surface area contributed by atoms with Gasteiger partial charge in [0.25, 0.3) is 0 Å². The van der Waals surface area contributed by atoms with Crippen LogP contribution >= 0.6 is 0 Å². The first-order chi connectivity index (χ1) is 8.44. The summed E-state index contributed by atoms with van der Waals surface area (Å²) in [5.41, 5.74) is 3.32. The van der Waals surface area contributed by atoms with Crippen molar-refractivity contribution in [2.24, 2.45) is 10.8 Å². The van der Waals surface area contributed by atoms with Crippen molar-refractivity contribution in [2.75, 3.05) is 5.32 Å². The molecule has 3 heteroatoms. The smallest absolute Gasteiger partial charge is 0.133 e. The van der Waals surface area contributed by atoms with Gasteiger partial charge in [0.2, 0.25) is 0 Å². The van der Waals surface area contributed by atoms with Crippen LogP contribution in [-0.2, 0) is 12.8 Å². The zero-order valence-electron chi connectivity index (χ0n) is 11.9. The summed E-state index contributed by atoms with van der Waals surface area (Å²) in [5, 5.41) is 3.67. The van der Waals surface area contributed by atoms with Crippen molar-refractivity contribution >= 4 is 5.82 Å². The summed E-state index contributed by atoms with van der Waals surface area (Å²) in [4.78, 5) is 8.91. The molecule has 1 aromatic heterocycles. The molecule has 0 aromatic carbocycles. The summed E-state index contributed by atoms with van der Waals surface area (Å²) in [6.07, 6.45) is 6.50. The van der Waals surface area contributed by atoms with Crippen LogP contribution in [-0.4, -0.2) is 16.0 Å². The number of aryl methyl sites for hydroxylation is 1. The fraction of sp³-hybridized carbons (Fsp3) is 0.733. The minimum absolute atomic E-state index is 0.347. The first-order valence-corrected chi connectivity index (χ1v) is 7.04. The van der Waals surface area contributed by atoms with E-state index >= 15 is 0 Å². The quantitative estimate of drug-likeness (QED) is 0.869. The zero-order chi connectivity index (χ0) is 13.0. The SMILES string of the molecule is CC1(C)C(Nc2ncnc3c2CCCC3)C1(C)C. The maximum absolute atomic E-state index is 4.48. The van der Waals surface area contributed by atoms with Crippen LogP contribution in [0.2, 0.25) is 0 Å². The van der Waals surface area contributed by atoms with Crippen molar-refractivity contribution in [1.82, 2.24) is 9.97 Å². The van der Waals surface area contributed by atoms with Gasteiger partial charge in [-0.2, -0.15) is 0 Å². The molecule has 2 aliphatic rings. The van der Waals surface area contributed by atoms with E-state index in [-0.39, 0.29) is 0 Å². The van der Waals surface area contributed by atoms with E-state index < -0.39 is 0 Å². The van der Waals surface area contributed by atoms with Gasteiger partial charge >= 0.3 is 0 Å². The van der Waals surface area contributed by atoms with E-state index in [9.17, 15) is 0 Å². The first-order valence-electron chi connectivity index (χ1n) is 7.04. The highest BCUT2D eigenvalue weighted by Gasteiger charge is 2.65. The average Bonchev–Trinajstić information content (AvgIpc) is 2.72. The molecule has 0 saturated heterocycles. The molecule has 3 nitrogen and oxygen atoms in total. The molecule has 1 N–H and O–H groups in total. The maximum atomic E-state index is 4.48. The Morgan fingerprint density at radius 2 is 1.72 bits per heavy atom. The fourth-order valence-electron chi connectivity index (χ4n) is 3.34. The van der Waals surface area contributed by atoms with Gasteiger partial charge in [0.1, 0.15) is 12.1 Å². The van der Waals surface area contributed by atoms with Crippen LogP contribution in [0.3, 0.4) is 0 Å². The molecule has 1 heterocycles. The van der Waals surface area contributed by atoms with Crippen molar-refractivity contribution < 1.29 is 0 Å². The van der Waals surface area contributed by atoms with Crippen molar-refractivity contribution in [3.63, 3.8) is 0 Å². The number of anilines is 1. The van der Waals surface area contributed by atoms with E-state index in [0.29, 0.717) is 16.9 Å². The van der Waals surface area contributed by atoms with Gasteiger partial charge in [0.05, 0.1) is 0 Å². The predicted octanol–water partition coefficient (Wildman–Crippen LogP) is 3.20. The van der Waals surface area contributed by atoms with E-state index in [1.807, 2.05) is 0 Å². The number of nitrogens with one attached hydrogen (secondary N) is 1. The fourth-order valence-corrected chi connectivity index (χ4v) is 3.34. The van der Waals surface area contributed by atoms with E-state index in [4.69, 9.17) is 0 Å². The molecule has 0 atom stereocenters. The van der Waals surface area contributed by atoms with Crippen LogP contribution < -0.4 is 5.32 Å². The Morgan fingerprint density at radius 1 is 1.06 bits per heavy atom. The normalized spacial score (nSPS) is 24.4. The highest BCUT2D eigenvalue weighted by atomic mass is 15.1. The van der Waals surface area contributed by atoms with Crippen molar-refractivity contribution in [3.8, 4) is 0 Å². The topological polar surface area (TPSA) is 37.8 Å². The minimum Gasteiger partial charge on any atom is -0.366 e. The molecular formula is C15H23N3. The van der Waals surface area contributed by atoms with Crippen LogP contribution in [0, 0.1) is 10.8 Å². The molecule has 0 radical (unpaired) electrons. The van der Waals surface area contributed by atoms with E-state index in [1.165, 1.54) is 24.1 Å². The molecule has 0 bridgehead atoms. The molecule has 1 fully saturated rings. The molecule has 1 aromatic rings. The molecule has 18 heavy (non-hydrogen) atoms. The second-order valence-electron chi connectivity index (χ2n) is 6.88. The second kappa shape index (κ2) is 3.69. The number of hydrogen-bond donors (Lipinski definition) is 1. The lowest BCUT2D eigenvalue weighted by molar-refractivity contribution is 0.457. The van der Waals surface area contributed by atoms with Crippen molar-refractivity contribution in [1.29, 1.82) is 0 Å². The molecule has 0 amide bonds. The van der Waals surface area contributed by atoms with Gasteiger partial charge in [0.15, 0.2) is 0 Å². The monoisotopic (exact) mass is 245 g/mol. The molecule has 3 rings (SSSR count). The van der Waals surface area contributed by atoms with Crippen molar-refractivity contribution in [2.45, 2.75) is 59.4 Å². The largest absolute Gasteiger partial charge is 0.366 e. The van der Waals surface area contributed by atoms with Gasteiger partial charge < -0.3 is 5.32 Å². The van der Waals surface area contributed by atoms with Gasteiger partial charge in [-0.05, 0) is 36.5 Å². The molecule has 2 aliphatic carbocycles. The molecule has 1 saturated carbocycles. The molecule has 0 unspecified atom stereocenters.